The number of hydrogen-bond acceptors (Lipinski definition) is 5. The average Bonchev–Trinajstić information content (AvgIpc) is 3.08. The zero-order chi connectivity index (χ0) is 12.3. The van der Waals surface area contributed by atoms with Gasteiger partial charge >= 0.3 is 6.01 Å². The van der Waals surface area contributed by atoms with Crippen LogP contribution < -0.4 is 10.6 Å². The van der Waals surface area contributed by atoms with Gasteiger partial charge in [-0.3, -0.25) is 10.1 Å². The second kappa shape index (κ2) is 5.27. The standard InChI is InChI=1S/C11H18N4O2/c1-3-7(2)12-6-9(16)13-11-15-14-10(17-11)8-4-5-8/h7-8,12H,3-6H2,1-2H3,(H,13,15,16). The molecule has 0 aliphatic heterocycles. The molecule has 1 amide bonds. The Labute approximate surface area is 100 Å². The average molecular weight is 238 g/mol. The van der Waals surface area contributed by atoms with Crippen LogP contribution in [0.2, 0.25) is 0 Å². The Kier molecular flexibility index (Phi) is 3.73. The van der Waals surface area contributed by atoms with E-state index in [-0.39, 0.29) is 18.5 Å². The maximum atomic E-state index is 11.5. The second-order valence-electron chi connectivity index (χ2n) is 4.46. The van der Waals surface area contributed by atoms with Gasteiger partial charge < -0.3 is 9.73 Å². The highest BCUT2D eigenvalue weighted by Gasteiger charge is 2.29. The lowest BCUT2D eigenvalue weighted by molar-refractivity contribution is -0.115. The molecule has 1 aliphatic carbocycles. The van der Waals surface area contributed by atoms with Gasteiger partial charge in [0.25, 0.3) is 0 Å². The van der Waals surface area contributed by atoms with Gasteiger partial charge in [0.2, 0.25) is 11.8 Å². The van der Waals surface area contributed by atoms with Gasteiger partial charge in [-0.1, -0.05) is 12.0 Å². The molecule has 1 aliphatic rings. The van der Waals surface area contributed by atoms with Crippen LogP contribution in [0.4, 0.5) is 6.01 Å². The minimum Gasteiger partial charge on any atom is -0.408 e. The molecule has 2 rings (SSSR count). The van der Waals surface area contributed by atoms with Crippen LogP contribution in [0.1, 0.15) is 44.9 Å². The highest BCUT2D eigenvalue weighted by molar-refractivity contribution is 5.90. The number of carbonyl (C=O) groups is 1. The van der Waals surface area contributed by atoms with Crippen molar-refractivity contribution in [1.82, 2.24) is 15.5 Å². The molecule has 0 spiro atoms. The fourth-order valence-corrected chi connectivity index (χ4v) is 1.36. The second-order valence-corrected chi connectivity index (χ2v) is 4.46. The fourth-order valence-electron chi connectivity index (χ4n) is 1.36. The summed E-state index contributed by atoms with van der Waals surface area (Å²) in [5.74, 6) is 0.887. The van der Waals surface area contributed by atoms with E-state index in [2.05, 4.69) is 27.8 Å². The van der Waals surface area contributed by atoms with Crippen LogP contribution in [0.25, 0.3) is 0 Å². The minimum absolute atomic E-state index is 0.156. The summed E-state index contributed by atoms with van der Waals surface area (Å²) >= 11 is 0. The Balaban J connectivity index is 1.76. The van der Waals surface area contributed by atoms with E-state index >= 15 is 0 Å². The van der Waals surface area contributed by atoms with E-state index in [9.17, 15) is 4.79 Å². The van der Waals surface area contributed by atoms with Gasteiger partial charge in [-0.25, -0.2) is 0 Å². The Morgan fingerprint density at radius 1 is 1.53 bits per heavy atom. The number of carbonyl (C=O) groups excluding carboxylic acids is 1. The molecule has 0 saturated heterocycles. The first kappa shape index (κ1) is 12.0. The topological polar surface area (TPSA) is 80.0 Å². The third-order valence-corrected chi connectivity index (χ3v) is 2.84. The summed E-state index contributed by atoms with van der Waals surface area (Å²) < 4.78 is 5.33. The lowest BCUT2D eigenvalue weighted by atomic mass is 10.2. The molecule has 1 heterocycles. The summed E-state index contributed by atoms with van der Waals surface area (Å²) in [6.07, 6.45) is 3.19. The monoisotopic (exact) mass is 238 g/mol. The van der Waals surface area contributed by atoms with Gasteiger partial charge in [-0.2, -0.15) is 0 Å². The Morgan fingerprint density at radius 2 is 2.29 bits per heavy atom. The smallest absolute Gasteiger partial charge is 0.322 e. The molecule has 17 heavy (non-hydrogen) atoms. The van der Waals surface area contributed by atoms with E-state index in [1.165, 1.54) is 0 Å². The normalized spacial score (nSPS) is 16.8. The summed E-state index contributed by atoms with van der Waals surface area (Å²) in [5, 5.41) is 13.4. The molecule has 2 N–H and O–H groups in total. The van der Waals surface area contributed by atoms with Gasteiger partial charge in [0.1, 0.15) is 0 Å². The molecule has 1 unspecified atom stereocenters. The molecule has 0 radical (unpaired) electrons. The first-order valence-electron chi connectivity index (χ1n) is 6.05. The van der Waals surface area contributed by atoms with Crippen LogP contribution in [0.15, 0.2) is 4.42 Å². The summed E-state index contributed by atoms with van der Waals surface area (Å²) in [6, 6.07) is 0.522. The third kappa shape index (κ3) is 3.52. The zero-order valence-corrected chi connectivity index (χ0v) is 10.2. The van der Waals surface area contributed by atoms with Crippen molar-refractivity contribution in [3.63, 3.8) is 0 Å². The lowest BCUT2D eigenvalue weighted by Gasteiger charge is -2.09. The summed E-state index contributed by atoms with van der Waals surface area (Å²) in [4.78, 5) is 11.5. The van der Waals surface area contributed by atoms with Crippen LogP contribution in [0, 0.1) is 0 Å². The summed E-state index contributed by atoms with van der Waals surface area (Å²) in [6.45, 7) is 4.36. The molecule has 1 aromatic heterocycles. The first-order valence-corrected chi connectivity index (χ1v) is 6.05. The van der Waals surface area contributed by atoms with E-state index in [1.54, 1.807) is 0 Å². The Morgan fingerprint density at radius 3 is 2.94 bits per heavy atom. The summed E-state index contributed by atoms with van der Waals surface area (Å²) in [7, 11) is 0. The minimum atomic E-state index is -0.156. The van der Waals surface area contributed by atoms with Crippen molar-refractivity contribution < 1.29 is 9.21 Å². The van der Waals surface area contributed by atoms with E-state index in [0.717, 1.165) is 19.3 Å². The van der Waals surface area contributed by atoms with Crippen molar-refractivity contribution >= 4 is 11.9 Å². The molecule has 1 atom stereocenters. The quantitative estimate of drug-likeness (QED) is 0.780. The number of aromatic nitrogens is 2. The van der Waals surface area contributed by atoms with Crippen molar-refractivity contribution in [3.8, 4) is 0 Å². The maximum Gasteiger partial charge on any atom is 0.322 e. The van der Waals surface area contributed by atoms with Crippen molar-refractivity contribution in [2.45, 2.75) is 45.1 Å². The number of nitrogens with zero attached hydrogens (tertiary/aromatic N) is 2. The molecule has 94 valence electrons. The fraction of sp³-hybridized carbons (Fsp3) is 0.727. The van der Waals surface area contributed by atoms with E-state index in [0.29, 0.717) is 17.9 Å². The lowest BCUT2D eigenvalue weighted by Crippen LogP contribution is -2.34. The number of rotatable bonds is 6. The predicted octanol–water partition coefficient (Wildman–Crippen LogP) is 1.27. The third-order valence-electron chi connectivity index (χ3n) is 2.84. The SMILES string of the molecule is CCC(C)NCC(=O)Nc1nnc(C2CC2)o1. The van der Waals surface area contributed by atoms with Crippen LogP contribution in [-0.2, 0) is 4.79 Å². The number of amides is 1. The van der Waals surface area contributed by atoms with Crippen LogP contribution in [0.5, 0.6) is 0 Å². The maximum absolute atomic E-state index is 11.5. The zero-order valence-electron chi connectivity index (χ0n) is 10.2. The van der Waals surface area contributed by atoms with Crippen LogP contribution in [-0.4, -0.2) is 28.7 Å². The van der Waals surface area contributed by atoms with Crippen LogP contribution >= 0.6 is 0 Å². The Hall–Kier alpha value is -1.43. The van der Waals surface area contributed by atoms with E-state index in [1.807, 2.05) is 6.92 Å². The van der Waals surface area contributed by atoms with E-state index in [4.69, 9.17) is 4.42 Å². The van der Waals surface area contributed by atoms with Crippen LogP contribution in [0.3, 0.4) is 0 Å². The van der Waals surface area contributed by atoms with Gasteiger partial charge in [-0.15, -0.1) is 5.10 Å². The van der Waals surface area contributed by atoms with Gasteiger partial charge in [-0.05, 0) is 26.2 Å². The molecule has 6 nitrogen and oxygen atoms in total. The molecule has 1 fully saturated rings. The highest BCUT2D eigenvalue weighted by atomic mass is 16.4. The van der Waals surface area contributed by atoms with Gasteiger partial charge in [0.05, 0.1) is 6.54 Å². The predicted molar refractivity (Wildman–Crippen MR) is 62.7 cm³/mol. The van der Waals surface area contributed by atoms with Crippen molar-refractivity contribution in [1.29, 1.82) is 0 Å². The molecular formula is C11H18N4O2. The van der Waals surface area contributed by atoms with Gasteiger partial charge in [0.15, 0.2) is 0 Å². The van der Waals surface area contributed by atoms with E-state index < -0.39 is 0 Å². The molecule has 1 saturated carbocycles. The highest BCUT2D eigenvalue weighted by Crippen LogP contribution is 2.39. The number of hydrogen-bond donors (Lipinski definition) is 2. The van der Waals surface area contributed by atoms with Crippen molar-refractivity contribution in [2.75, 3.05) is 11.9 Å². The van der Waals surface area contributed by atoms with Crippen molar-refractivity contribution in [2.24, 2.45) is 0 Å². The van der Waals surface area contributed by atoms with Gasteiger partial charge in [0, 0.05) is 12.0 Å². The number of anilines is 1. The summed E-state index contributed by atoms with van der Waals surface area (Å²) in [5.41, 5.74) is 0. The molecule has 0 bridgehead atoms. The largest absolute Gasteiger partial charge is 0.408 e. The first-order chi connectivity index (χ1) is 8.19. The Bertz CT molecular complexity index is 387. The molecule has 6 heteroatoms. The number of nitrogens with one attached hydrogen (secondary N) is 2. The molecular weight excluding hydrogens is 220 g/mol. The van der Waals surface area contributed by atoms with Crippen molar-refractivity contribution in [3.05, 3.63) is 5.89 Å². The molecule has 0 aromatic carbocycles. The molecule has 1 aromatic rings.